The van der Waals surface area contributed by atoms with Crippen molar-refractivity contribution in [3.8, 4) is 11.5 Å². The number of carbonyl (C=O) groups excluding carboxylic acids is 1. The Hall–Kier alpha value is -2.67. The Morgan fingerprint density at radius 2 is 2.27 bits per heavy atom. The van der Waals surface area contributed by atoms with Gasteiger partial charge in [-0.2, -0.15) is 5.10 Å². The smallest absolute Gasteiger partial charge is 0.254 e. The van der Waals surface area contributed by atoms with Gasteiger partial charge in [0.15, 0.2) is 11.4 Å². The number of amides is 1. The highest BCUT2D eigenvalue weighted by atomic mass is 16.3. The van der Waals surface area contributed by atoms with E-state index in [1.165, 1.54) is 0 Å². The van der Waals surface area contributed by atoms with Gasteiger partial charge in [0.25, 0.3) is 5.91 Å². The number of pyridine rings is 1. The summed E-state index contributed by atoms with van der Waals surface area (Å²) in [6.45, 7) is 5.39. The monoisotopic (exact) mass is 353 g/mol. The highest BCUT2D eigenvalue weighted by Gasteiger charge is 2.26. The molecule has 3 aromatic heterocycles. The Kier molecular flexibility index (Phi) is 4.24. The van der Waals surface area contributed by atoms with Gasteiger partial charge in [-0.3, -0.25) is 4.79 Å². The van der Waals surface area contributed by atoms with Gasteiger partial charge in [-0.1, -0.05) is 0 Å². The minimum Gasteiger partial charge on any atom is -0.463 e. The molecule has 26 heavy (non-hydrogen) atoms. The third-order valence-corrected chi connectivity index (χ3v) is 4.80. The molecule has 4 rings (SSSR count). The van der Waals surface area contributed by atoms with E-state index in [0.717, 1.165) is 24.8 Å². The number of nitrogens with zero attached hydrogens (tertiary/aromatic N) is 4. The molecule has 0 spiro atoms. The molecule has 2 N–H and O–H groups in total. The van der Waals surface area contributed by atoms with Crippen molar-refractivity contribution in [3.05, 3.63) is 36.2 Å². The fourth-order valence-electron chi connectivity index (χ4n) is 3.49. The average Bonchev–Trinajstić information content (AvgIpc) is 3.29. The van der Waals surface area contributed by atoms with Crippen LogP contribution >= 0.6 is 0 Å². The summed E-state index contributed by atoms with van der Waals surface area (Å²) in [5.41, 5.74) is 7.99. The molecule has 1 atom stereocenters. The van der Waals surface area contributed by atoms with E-state index >= 15 is 0 Å². The number of hydrogen-bond acceptors (Lipinski definition) is 5. The molecule has 0 saturated carbocycles. The van der Waals surface area contributed by atoms with Gasteiger partial charge >= 0.3 is 0 Å². The van der Waals surface area contributed by atoms with Crippen LogP contribution in [-0.4, -0.2) is 44.7 Å². The third kappa shape index (κ3) is 2.88. The van der Waals surface area contributed by atoms with Gasteiger partial charge < -0.3 is 15.1 Å². The Balaban J connectivity index is 1.85. The number of fused-ring (bicyclic) bond motifs is 1. The highest BCUT2D eigenvalue weighted by Crippen LogP contribution is 2.28. The molecule has 4 heterocycles. The summed E-state index contributed by atoms with van der Waals surface area (Å²) in [5, 5.41) is 5.21. The van der Waals surface area contributed by atoms with Crippen molar-refractivity contribution >= 4 is 16.9 Å². The van der Waals surface area contributed by atoms with Crippen molar-refractivity contribution in [2.24, 2.45) is 5.73 Å². The molecule has 7 nitrogen and oxygen atoms in total. The number of carbonyl (C=O) groups is 1. The maximum Gasteiger partial charge on any atom is 0.254 e. The average molecular weight is 353 g/mol. The molecule has 0 aromatic carbocycles. The van der Waals surface area contributed by atoms with Crippen LogP contribution in [0.15, 0.2) is 35.1 Å². The largest absolute Gasteiger partial charge is 0.463 e. The Labute approximate surface area is 151 Å². The molecular formula is C19H23N5O2. The maximum atomic E-state index is 13.2. The van der Waals surface area contributed by atoms with Crippen LogP contribution in [-0.2, 0) is 0 Å². The first-order valence-corrected chi connectivity index (χ1v) is 9.01. The quantitative estimate of drug-likeness (QED) is 0.782. The van der Waals surface area contributed by atoms with Crippen molar-refractivity contribution in [1.82, 2.24) is 19.7 Å². The van der Waals surface area contributed by atoms with Crippen LogP contribution in [0.2, 0.25) is 0 Å². The van der Waals surface area contributed by atoms with Gasteiger partial charge in [0.1, 0.15) is 5.69 Å². The first-order chi connectivity index (χ1) is 12.5. The predicted molar refractivity (Wildman–Crippen MR) is 98.7 cm³/mol. The molecule has 1 aliphatic rings. The topological polar surface area (TPSA) is 90.2 Å². The van der Waals surface area contributed by atoms with Crippen LogP contribution in [0.5, 0.6) is 0 Å². The molecule has 1 saturated heterocycles. The first kappa shape index (κ1) is 16.8. The second kappa shape index (κ2) is 6.57. The van der Waals surface area contributed by atoms with Gasteiger partial charge in [-0.05, 0) is 44.9 Å². The van der Waals surface area contributed by atoms with E-state index in [1.54, 1.807) is 18.5 Å². The number of piperidine rings is 1. The molecular weight excluding hydrogens is 330 g/mol. The molecule has 7 heteroatoms. The SMILES string of the molecule is CC(C)n1ncc2c(C(=O)N3CCCC(N)C3)cc(-c3ccco3)nc21. The second-order valence-corrected chi connectivity index (χ2v) is 7.11. The van der Waals surface area contributed by atoms with Crippen LogP contribution < -0.4 is 5.73 Å². The minimum atomic E-state index is -0.0244. The van der Waals surface area contributed by atoms with E-state index in [0.29, 0.717) is 29.2 Å². The van der Waals surface area contributed by atoms with Crippen molar-refractivity contribution in [3.63, 3.8) is 0 Å². The molecule has 136 valence electrons. The van der Waals surface area contributed by atoms with E-state index in [9.17, 15) is 4.79 Å². The summed E-state index contributed by atoms with van der Waals surface area (Å²) in [4.78, 5) is 19.8. The van der Waals surface area contributed by atoms with Gasteiger partial charge in [-0.15, -0.1) is 0 Å². The summed E-state index contributed by atoms with van der Waals surface area (Å²) < 4.78 is 7.34. The third-order valence-electron chi connectivity index (χ3n) is 4.80. The fraction of sp³-hybridized carbons (Fsp3) is 0.421. The van der Waals surface area contributed by atoms with Crippen molar-refractivity contribution < 1.29 is 9.21 Å². The lowest BCUT2D eigenvalue weighted by Gasteiger charge is -2.31. The summed E-state index contributed by atoms with van der Waals surface area (Å²) >= 11 is 0. The number of aromatic nitrogens is 3. The van der Waals surface area contributed by atoms with E-state index in [2.05, 4.69) is 5.10 Å². The van der Waals surface area contributed by atoms with Crippen LogP contribution in [0.1, 0.15) is 43.1 Å². The second-order valence-electron chi connectivity index (χ2n) is 7.11. The lowest BCUT2D eigenvalue weighted by Crippen LogP contribution is -2.45. The highest BCUT2D eigenvalue weighted by molar-refractivity contribution is 6.06. The van der Waals surface area contributed by atoms with E-state index in [1.807, 2.05) is 35.6 Å². The van der Waals surface area contributed by atoms with Gasteiger partial charge in [-0.25, -0.2) is 9.67 Å². The number of likely N-dealkylation sites (tertiary alicyclic amines) is 1. The van der Waals surface area contributed by atoms with E-state index in [4.69, 9.17) is 15.1 Å². The van der Waals surface area contributed by atoms with Crippen LogP contribution in [0.3, 0.4) is 0 Å². The Morgan fingerprint density at radius 1 is 1.42 bits per heavy atom. The lowest BCUT2D eigenvalue weighted by atomic mass is 10.0. The van der Waals surface area contributed by atoms with Crippen LogP contribution in [0.25, 0.3) is 22.5 Å². The van der Waals surface area contributed by atoms with Gasteiger partial charge in [0, 0.05) is 25.2 Å². The number of hydrogen-bond donors (Lipinski definition) is 1. The van der Waals surface area contributed by atoms with Crippen molar-refractivity contribution in [2.45, 2.75) is 38.8 Å². The first-order valence-electron chi connectivity index (χ1n) is 9.01. The van der Waals surface area contributed by atoms with Crippen LogP contribution in [0, 0.1) is 0 Å². The van der Waals surface area contributed by atoms with Crippen LogP contribution in [0.4, 0.5) is 0 Å². The Bertz CT molecular complexity index is 929. The zero-order chi connectivity index (χ0) is 18.3. The number of rotatable bonds is 3. The molecule has 1 fully saturated rings. The number of furan rings is 1. The number of nitrogens with two attached hydrogens (primary N) is 1. The van der Waals surface area contributed by atoms with Crippen molar-refractivity contribution in [2.75, 3.05) is 13.1 Å². The fourth-order valence-corrected chi connectivity index (χ4v) is 3.49. The molecule has 0 bridgehead atoms. The van der Waals surface area contributed by atoms with E-state index in [-0.39, 0.29) is 18.0 Å². The molecule has 1 amide bonds. The summed E-state index contributed by atoms with van der Waals surface area (Å²) in [7, 11) is 0. The molecule has 0 aliphatic carbocycles. The normalized spacial score (nSPS) is 18.0. The zero-order valence-corrected chi connectivity index (χ0v) is 15.1. The summed E-state index contributed by atoms with van der Waals surface area (Å²) in [6.07, 6.45) is 5.22. The lowest BCUT2D eigenvalue weighted by molar-refractivity contribution is 0.0711. The van der Waals surface area contributed by atoms with Crippen molar-refractivity contribution in [1.29, 1.82) is 0 Å². The zero-order valence-electron chi connectivity index (χ0n) is 15.1. The summed E-state index contributed by atoms with van der Waals surface area (Å²) in [5.74, 6) is 0.608. The summed E-state index contributed by atoms with van der Waals surface area (Å²) in [6, 6.07) is 5.63. The van der Waals surface area contributed by atoms with Gasteiger partial charge in [0.05, 0.1) is 23.4 Å². The Morgan fingerprint density at radius 3 is 2.96 bits per heavy atom. The molecule has 0 radical (unpaired) electrons. The maximum absolute atomic E-state index is 13.2. The molecule has 3 aromatic rings. The predicted octanol–water partition coefficient (Wildman–Crippen LogP) is 2.84. The molecule has 1 aliphatic heterocycles. The van der Waals surface area contributed by atoms with E-state index < -0.39 is 0 Å². The molecule has 1 unspecified atom stereocenters. The van der Waals surface area contributed by atoms with Gasteiger partial charge in [0.2, 0.25) is 0 Å². The minimum absolute atomic E-state index is 0.0244. The standard InChI is InChI=1S/C19H23N5O2/c1-12(2)24-18-15(10-21-24)14(9-16(22-18)17-6-4-8-26-17)19(25)23-7-3-5-13(20)11-23/h4,6,8-10,12-13H,3,5,7,11,20H2,1-2H3.